The van der Waals surface area contributed by atoms with Gasteiger partial charge < -0.3 is 0 Å². The van der Waals surface area contributed by atoms with Crippen molar-refractivity contribution in [2.45, 2.75) is 27.3 Å². The van der Waals surface area contributed by atoms with Crippen LogP contribution in [-0.2, 0) is 6.54 Å². The van der Waals surface area contributed by atoms with Gasteiger partial charge in [-0.3, -0.25) is 14.2 Å². The van der Waals surface area contributed by atoms with Gasteiger partial charge in [0.25, 0.3) is 5.56 Å². The molecule has 0 aliphatic heterocycles. The summed E-state index contributed by atoms with van der Waals surface area (Å²) in [5.74, 6) is -0.108. The van der Waals surface area contributed by atoms with Gasteiger partial charge in [0.15, 0.2) is 5.78 Å². The number of aromatic nitrogens is 2. The predicted molar refractivity (Wildman–Crippen MR) is 114 cm³/mol. The zero-order chi connectivity index (χ0) is 19.8. The summed E-state index contributed by atoms with van der Waals surface area (Å²) < 4.78 is 1.41. The summed E-state index contributed by atoms with van der Waals surface area (Å²) in [6.45, 7) is 6.13. The van der Waals surface area contributed by atoms with Crippen LogP contribution < -0.4 is 5.56 Å². The highest BCUT2D eigenvalue weighted by molar-refractivity contribution is 7.19. The number of benzene rings is 2. The van der Waals surface area contributed by atoms with Crippen molar-refractivity contribution in [2.24, 2.45) is 0 Å². The van der Waals surface area contributed by atoms with Crippen molar-refractivity contribution in [3.05, 3.63) is 86.8 Å². The van der Waals surface area contributed by atoms with Crippen LogP contribution in [0.25, 0.3) is 21.3 Å². The van der Waals surface area contributed by atoms with E-state index in [2.05, 4.69) is 31.0 Å². The topological polar surface area (TPSA) is 52.0 Å². The number of rotatable bonds is 4. The van der Waals surface area contributed by atoms with Crippen molar-refractivity contribution in [2.75, 3.05) is 0 Å². The van der Waals surface area contributed by atoms with Gasteiger partial charge in [0.05, 0.1) is 18.3 Å². The van der Waals surface area contributed by atoms with Crippen LogP contribution >= 0.6 is 11.3 Å². The molecule has 0 bridgehead atoms. The number of ketones is 1. The van der Waals surface area contributed by atoms with E-state index in [0.29, 0.717) is 15.8 Å². The fourth-order valence-corrected chi connectivity index (χ4v) is 4.37. The Morgan fingerprint density at radius 2 is 1.79 bits per heavy atom. The molecule has 4 nitrogen and oxygen atoms in total. The molecule has 4 rings (SSSR count). The minimum atomic E-state index is -0.174. The van der Waals surface area contributed by atoms with Gasteiger partial charge in [-0.2, -0.15) is 0 Å². The summed E-state index contributed by atoms with van der Waals surface area (Å²) in [5.41, 5.74) is 4.74. The third-order valence-electron chi connectivity index (χ3n) is 5.06. The molecule has 0 radical (unpaired) electrons. The lowest BCUT2D eigenvalue weighted by Gasteiger charge is -2.08. The van der Waals surface area contributed by atoms with E-state index in [4.69, 9.17) is 0 Å². The van der Waals surface area contributed by atoms with Crippen LogP contribution in [0.4, 0.5) is 0 Å². The number of aryl methyl sites for hydroxylation is 3. The van der Waals surface area contributed by atoms with Gasteiger partial charge in [0.2, 0.25) is 0 Å². The van der Waals surface area contributed by atoms with Crippen LogP contribution in [0.2, 0.25) is 0 Å². The van der Waals surface area contributed by atoms with Crippen LogP contribution in [0.1, 0.15) is 26.4 Å². The number of carbonyl (C=O) groups is 1. The summed E-state index contributed by atoms with van der Waals surface area (Å²) in [6, 6.07) is 15.2. The Morgan fingerprint density at radius 1 is 1.04 bits per heavy atom. The average Bonchev–Trinajstić information content (AvgIpc) is 3.03. The maximum Gasteiger partial charge on any atom is 0.263 e. The monoisotopic (exact) mass is 388 g/mol. The lowest BCUT2D eigenvalue weighted by Crippen LogP contribution is -2.24. The zero-order valence-electron chi connectivity index (χ0n) is 16.0. The van der Waals surface area contributed by atoms with Gasteiger partial charge in [0.1, 0.15) is 4.83 Å². The highest BCUT2D eigenvalue weighted by atomic mass is 32.1. The summed E-state index contributed by atoms with van der Waals surface area (Å²) in [6.07, 6.45) is 1.48. The number of nitrogens with zero attached hydrogens (tertiary/aromatic N) is 2. The Kier molecular flexibility index (Phi) is 4.69. The van der Waals surface area contributed by atoms with E-state index < -0.39 is 0 Å². The Labute approximate surface area is 167 Å². The fraction of sp³-hybridized carbons (Fsp3) is 0.174. The molecule has 2 heterocycles. The van der Waals surface area contributed by atoms with Crippen molar-refractivity contribution in [1.29, 1.82) is 0 Å². The lowest BCUT2D eigenvalue weighted by atomic mass is 9.99. The molecule has 0 saturated heterocycles. The quantitative estimate of drug-likeness (QED) is 0.466. The molecule has 0 unspecified atom stereocenters. The number of fused-ring (bicyclic) bond motifs is 1. The molecule has 0 amide bonds. The van der Waals surface area contributed by atoms with Crippen LogP contribution in [0.15, 0.2) is 59.7 Å². The van der Waals surface area contributed by atoms with Gasteiger partial charge in [0, 0.05) is 16.0 Å². The van der Waals surface area contributed by atoms with Gasteiger partial charge in [-0.05, 0) is 37.5 Å². The first kappa shape index (κ1) is 18.3. The molecular formula is C23H20N2O2S. The first-order valence-corrected chi connectivity index (χ1v) is 9.92. The van der Waals surface area contributed by atoms with Crippen molar-refractivity contribution >= 4 is 27.3 Å². The molecule has 0 N–H and O–H groups in total. The third-order valence-corrected chi connectivity index (χ3v) is 6.07. The highest BCUT2D eigenvalue weighted by Gasteiger charge is 2.18. The van der Waals surface area contributed by atoms with E-state index in [0.717, 1.165) is 16.0 Å². The molecule has 2 aromatic heterocycles. The molecular weight excluding hydrogens is 368 g/mol. The number of hydrogen-bond donors (Lipinski definition) is 0. The highest BCUT2D eigenvalue weighted by Crippen LogP contribution is 2.36. The maximum absolute atomic E-state index is 13.2. The van der Waals surface area contributed by atoms with Crippen LogP contribution in [-0.4, -0.2) is 15.3 Å². The minimum absolute atomic E-state index is 0.0208. The second kappa shape index (κ2) is 7.17. The summed E-state index contributed by atoms with van der Waals surface area (Å²) in [5, 5.41) is 0.592. The largest absolute Gasteiger partial charge is 0.292 e. The van der Waals surface area contributed by atoms with Crippen LogP contribution in [0.3, 0.4) is 0 Å². The van der Waals surface area contributed by atoms with Crippen molar-refractivity contribution in [3.8, 4) is 11.1 Å². The average molecular weight is 388 g/mol. The Bertz CT molecular complexity index is 1250. The number of Topliss-reactive ketones (excluding diaryl/α,β-unsaturated/α-hetero) is 1. The number of thiophene rings is 1. The van der Waals surface area contributed by atoms with Gasteiger partial charge in [-0.15, -0.1) is 11.3 Å². The molecule has 0 aliphatic carbocycles. The second-order valence-electron chi connectivity index (χ2n) is 6.98. The van der Waals surface area contributed by atoms with E-state index in [1.165, 1.54) is 33.4 Å². The SMILES string of the molecule is Cc1ccc(-c2c(C)sc3ncn(CC(=O)c4ccccc4)c(=O)c23)cc1C. The first-order valence-electron chi connectivity index (χ1n) is 9.10. The van der Waals surface area contributed by atoms with Gasteiger partial charge in [-0.25, -0.2) is 4.98 Å². The van der Waals surface area contributed by atoms with E-state index in [1.54, 1.807) is 12.1 Å². The standard InChI is InChI=1S/C23H20N2O2S/c1-14-9-10-18(11-15(14)2)20-16(3)28-22-21(20)23(27)25(13-24-22)12-19(26)17-7-5-4-6-8-17/h4-11,13H,12H2,1-3H3. The molecule has 28 heavy (non-hydrogen) atoms. The first-order chi connectivity index (χ1) is 13.5. The second-order valence-corrected chi connectivity index (χ2v) is 8.18. The van der Waals surface area contributed by atoms with Crippen LogP contribution in [0.5, 0.6) is 0 Å². The normalized spacial score (nSPS) is 11.1. The molecule has 140 valence electrons. The molecule has 0 atom stereocenters. The van der Waals surface area contributed by atoms with Crippen molar-refractivity contribution in [1.82, 2.24) is 9.55 Å². The molecule has 2 aromatic carbocycles. The molecule has 0 spiro atoms. The fourth-order valence-electron chi connectivity index (χ4n) is 3.36. The Morgan fingerprint density at radius 3 is 2.50 bits per heavy atom. The van der Waals surface area contributed by atoms with Gasteiger partial charge >= 0.3 is 0 Å². The zero-order valence-corrected chi connectivity index (χ0v) is 16.8. The van der Waals surface area contributed by atoms with E-state index in [1.807, 2.05) is 31.2 Å². The van der Waals surface area contributed by atoms with Crippen LogP contribution in [0, 0.1) is 20.8 Å². The summed E-state index contributed by atoms with van der Waals surface area (Å²) in [4.78, 5) is 32.0. The summed E-state index contributed by atoms with van der Waals surface area (Å²) >= 11 is 1.51. The molecule has 5 heteroatoms. The summed E-state index contributed by atoms with van der Waals surface area (Å²) in [7, 11) is 0. The molecule has 0 fully saturated rings. The third kappa shape index (κ3) is 3.18. The molecule has 4 aromatic rings. The predicted octanol–water partition coefficient (Wildman–Crippen LogP) is 4.93. The van der Waals surface area contributed by atoms with E-state index >= 15 is 0 Å². The Hall–Kier alpha value is -3.05. The van der Waals surface area contributed by atoms with Gasteiger partial charge in [-0.1, -0.05) is 48.5 Å². The van der Waals surface area contributed by atoms with E-state index in [-0.39, 0.29) is 17.9 Å². The number of carbonyl (C=O) groups excluding carboxylic acids is 1. The molecule has 0 aliphatic rings. The smallest absolute Gasteiger partial charge is 0.263 e. The lowest BCUT2D eigenvalue weighted by molar-refractivity contribution is 0.0970. The molecule has 0 saturated carbocycles. The maximum atomic E-state index is 13.2. The Balaban J connectivity index is 1.83. The van der Waals surface area contributed by atoms with Crippen molar-refractivity contribution < 1.29 is 4.79 Å². The van der Waals surface area contributed by atoms with Crippen molar-refractivity contribution in [3.63, 3.8) is 0 Å². The van der Waals surface area contributed by atoms with E-state index in [9.17, 15) is 9.59 Å². The number of hydrogen-bond acceptors (Lipinski definition) is 4. The minimum Gasteiger partial charge on any atom is -0.292 e.